The first-order chi connectivity index (χ1) is 14.0. The van der Waals surface area contributed by atoms with Gasteiger partial charge in [0.1, 0.15) is 11.6 Å². The Morgan fingerprint density at radius 2 is 1.97 bits per heavy atom. The van der Waals surface area contributed by atoms with Crippen LogP contribution in [-0.4, -0.2) is 32.2 Å². The lowest BCUT2D eigenvalue weighted by Crippen LogP contribution is -2.15. The summed E-state index contributed by atoms with van der Waals surface area (Å²) in [4.78, 5) is 23.8. The molecule has 1 amide bonds. The Hall–Kier alpha value is -3.50. The van der Waals surface area contributed by atoms with Gasteiger partial charge >= 0.3 is 5.97 Å². The number of ether oxygens (including phenoxy) is 3. The van der Waals surface area contributed by atoms with Crippen LogP contribution in [0.1, 0.15) is 12.5 Å². The second kappa shape index (κ2) is 10.7. The summed E-state index contributed by atoms with van der Waals surface area (Å²) in [7, 11) is 1.41. The Kier molecular flexibility index (Phi) is 8.07. The van der Waals surface area contributed by atoms with Crippen LogP contribution in [0, 0.1) is 11.3 Å². The molecule has 7 nitrogen and oxygen atoms in total. The fourth-order valence-corrected chi connectivity index (χ4v) is 2.61. The predicted octanol–water partition coefficient (Wildman–Crippen LogP) is 3.84. The van der Waals surface area contributed by atoms with E-state index in [0.717, 1.165) is 0 Å². The number of nitrogens with zero attached hydrogens (tertiary/aromatic N) is 1. The minimum absolute atomic E-state index is 0.118. The number of hydrogen-bond acceptors (Lipinski definition) is 6. The molecule has 150 valence electrons. The van der Waals surface area contributed by atoms with Gasteiger partial charge in [-0.05, 0) is 42.8 Å². The maximum atomic E-state index is 12.4. The predicted molar refractivity (Wildman–Crippen MR) is 109 cm³/mol. The van der Waals surface area contributed by atoms with Crippen molar-refractivity contribution in [2.75, 3.05) is 25.6 Å². The summed E-state index contributed by atoms with van der Waals surface area (Å²) in [5.74, 6) is -0.698. The fourth-order valence-electron chi connectivity index (χ4n) is 2.33. The monoisotopic (exact) mass is 414 g/mol. The third kappa shape index (κ3) is 6.26. The summed E-state index contributed by atoms with van der Waals surface area (Å²) in [5.41, 5.74) is 0.902. The molecule has 0 fully saturated rings. The molecule has 2 aromatic rings. The summed E-state index contributed by atoms with van der Waals surface area (Å²) >= 11 is 6.24. The maximum absolute atomic E-state index is 12.4. The van der Waals surface area contributed by atoms with Crippen molar-refractivity contribution >= 4 is 35.2 Å². The Morgan fingerprint density at radius 3 is 2.59 bits per heavy atom. The highest BCUT2D eigenvalue weighted by Crippen LogP contribution is 2.37. The number of carbonyl (C=O) groups excluding carboxylic acids is 2. The van der Waals surface area contributed by atoms with Crippen LogP contribution < -0.4 is 14.8 Å². The Bertz CT molecular complexity index is 952. The lowest BCUT2D eigenvalue weighted by molar-refractivity contribution is -0.145. The van der Waals surface area contributed by atoms with E-state index in [4.69, 9.17) is 25.8 Å². The average molecular weight is 415 g/mol. The smallest absolute Gasteiger partial charge is 0.344 e. The number of rotatable bonds is 8. The molecule has 0 atom stereocenters. The van der Waals surface area contributed by atoms with Gasteiger partial charge in [-0.1, -0.05) is 29.8 Å². The van der Waals surface area contributed by atoms with Crippen molar-refractivity contribution in [1.82, 2.24) is 0 Å². The van der Waals surface area contributed by atoms with Crippen LogP contribution in [-0.2, 0) is 14.3 Å². The zero-order chi connectivity index (χ0) is 21.2. The van der Waals surface area contributed by atoms with E-state index < -0.39 is 11.9 Å². The molecule has 0 aliphatic rings. The number of halogens is 1. The lowest BCUT2D eigenvalue weighted by atomic mass is 10.1. The van der Waals surface area contributed by atoms with E-state index in [-0.39, 0.29) is 35.3 Å². The highest BCUT2D eigenvalue weighted by Gasteiger charge is 2.15. The van der Waals surface area contributed by atoms with E-state index in [0.29, 0.717) is 11.3 Å². The van der Waals surface area contributed by atoms with Gasteiger partial charge in [-0.2, -0.15) is 5.26 Å². The number of nitriles is 1. The number of carbonyl (C=O) groups is 2. The van der Waals surface area contributed by atoms with Crippen molar-refractivity contribution in [1.29, 1.82) is 5.26 Å². The van der Waals surface area contributed by atoms with Gasteiger partial charge in [0.25, 0.3) is 5.91 Å². The minimum Gasteiger partial charge on any atom is -0.493 e. The zero-order valence-corrected chi connectivity index (χ0v) is 16.7. The summed E-state index contributed by atoms with van der Waals surface area (Å²) in [6.45, 7) is 1.59. The molecule has 0 unspecified atom stereocenters. The molecule has 0 aromatic heterocycles. The van der Waals surface area contributed by atoms with Gasteiger partial charge in [-0.15, -0.1) is 0 Å². The molecule has 0 aliphatic carbocycles. The molecule has 0 saturated heterocycles. The number of benzene rings is 2. The van der Waals surface area contributed by atoms with Gasteiger partial charge in [-0.3, -0.25) is 4.79 Å². The van der Waals surface area contributed by atoms with Crippen LogP contribution in [0.4, 0.5) is 5.69 Å². The largest absolute Gasteiger partial charge is 0.493 e. The third-order valence-electron chi connectivity index (χ3n) is 3.60. The average Bonchev–Trinajstić information content (AvgIpc) is 2.71. The molecule has 0 spiro atoms. The molecule has 0 aliphatic heterocycles. The Labute approximate surface area is 173 Å². The van der Waals surface area contributed by atoms with Crippen LogP contribution in [0.15, 0.2) is 48.0 Å². The van der Waals surface area contributed by atoms with Crippen LogP contribution in [0.5, 0.6) is 11.5 Å². The first kappa shape index (κ1) is 21.8. The molecule has 0 bridgehead atoms. The van der Waals surface area contributed by atoms with Crippen LogP contribution in [0.3, 0.4) is 0 Å². The van der Waals surface area contributed by atoms with Crippen molar-refractivity contribution in [3.05, 3.63) is 58.6 Å². The minimum atomic E-state index is -0.559. The van der Waals surface area contributed by atoms with Crippen molar-refractivity contribution < 1.29 is 23.8 Å². The number of esters is 1. The van der Waals surface area contributed by atoms with E-state index in [2.05, 4.69) is 5.32 Å². The van der Waals surface area contributed by atoms with Gasteiger partial charge in [0.15, 0.2) is 18.1 Å². The van der Waals surface area contributed by atoms with E-state index in [1.165, 1.54) is 19.3 Å². The molecular formula is C21H19ClN2O5. The van der Waals surface area contributed by atoms with E-state index in [9.17, 15) is 14.9 Å². The van der Waals surface area contributed by atoms with Gasteiger partial charge < -0.3 is 19.5 Å². The normalized spacial score (nSPS) is 10.6. The van der Waals surface area contributed by atoms with E-state index in [1.807, 2.05) is 12.1 Å². The molecule has 2 rings (SSSR count). The Morgan fingerprint density at radius 1 is 1.24 bits per heavy atom. The second-order valence-corrected chi connectivity index (χ2v) is 6.02. The highest BCUT2D eigenvalue weighted by atomic mass is 35.5. The van der Waals surface area contributed by atoms with E-state index in [1.54, 1.807) is 37.3 Å². The van der Waals surface area contributed by atoms with Crippen LogP contribution >= 0.6 is 11.6 Å². The molecule has 1 N–H and O–H groups in total. The van der Waals surface area contributed by atoms with E-state index >= 15 is 0 Å². The van der Waals surface area contributed by atoms with Gasteiger partial charge in [0.05, 0.1) is 18.7 Å². The summed E-state index contributed by atoms with van der Waals surface area (Å²) in [5, 5.41) is 12.2. The molecule has 2 aromatic carbocycles. The SMILES string of the molecule is CCOC(=O)COc1c(Cl)cc(/C=C(/C#N)C(=O)Nc2ccccc2)cc1OC. The molecule has 0 heterocycles. The topological polar surface area (TPSA) is 97.7 Å². The molecule has 29 heavy (non-hydrogen) atoms. The second-order valence-electron chi connectivity index (χ2n) is 5.62. The summed E-state index contributed by atoms with van der Waals surface area (Å²) < 4.78 is 15.5. The fraction of sp³-hybridized carbons (Fsp3) is 0.190. The van der Waals surface area contributed by atoms with Crippen molar-refractivity contribution in [3.8, 4) is 17.6 Å². The molecule has 8 heteroatoms. The standard InChI is InChI=1S/C21H19ClN2O5/c1-3-28-19(25)13-29-20-17(22)10-14(11-18(20)27-2)9-15(12-23)21(26)24-16-7-5-4-6-8-16/h4-11H,3,13H2,1-2H3,(H,24,26)/b15-9-. The van der Waals surface area contributed by atoms with Gasteiger partial charge in [-0.25, -0.2) is 4.79 Å². The number of para-hydroxylation sites is 1. The number of hydrogen-bond donors (Lipinski definition) is 1. The summed E-state index contributed by atoms with van der Waals surface area (Å²) in [6.07, 6.45) is 1.38. The third-order valence-corrected chi connectivity index (χ3v) is 3.88. The number of anilines is 1. The zero-order valence-electron chi connectivity index (χ0n) is 15.9. The number of nitrogens with one attached hydrogen (secondary N) is 1. The maximum Gasteiger partial charge on any atom is 0.344 e. The molecule has 0 saturated carbocycles. The van der Waals surface area contributed by atoms with Gasteiger partial charge in [0, 0.05) is 5.69 Å². The first-order valence-electron chi connectivity index (χ1n) is 8.62. The van der Waals surface area contributed by atoms with Crippen LogP contribution in [0.2, 0.25) is 5.02 Å². The highest BCUT2D eigenvalue weighted by molar-refractivity contribution is 6.32. The van der Waals surface area contributed by atoms with Gasteiger partial charge in [0.2, 0.25) is 0 Å². The summed E-state index contributed by atoms with van der Waals surface area (Å²) in [6, 6.07) is 13.7. The number of methoxy groups -OCH3 is 1. The van der Waals surface area contributed by atoms with Crippen molar-refractivity contribution in [3.63, 3.8) is 0 Å². The van der Waals surface area contributed by atoms with Crippen LogP contribution in [0.25, 0.3) is 6.08 Å². The van der Waals surface area contributed by atoms with Crippen molar-refractivity contribution in [2.45, 2.75) is 6.92 Å². The quantitative estimate of drug-likeness (QED) is 0.400. The number of amides is 1. The molecule has 0 radical (unpaired) electrons. The first-order valence-corrected chi connectivity index (χ1v) is 9.00. The lowest BCUT2D eigenvalue weighted by Gasteiger charge is -2.13. The Balaban J connectivity index is 2.24. The molecular weight excluding hydrogens is 396 g/mol. The van der Waals surface area contributed by atoms with Crippen molar-refractivity contribution in [2.24, 2.45) is 0 Å².